The normalized spacial score (nSPS) is 13.4. The van der Waals surface area contributed by atoms with Gasteiger partial charge < -0.3 is 0 Å². The number of pyridine rings is 1. The summed E-state index contributed by atoms with van der Waals surface area (Å²) in [7, 11) is 0. The van der Waals surface area contributed by atoms with Crippen LogP contribution >= 0.6 is 0 Å². The highest BCUT2D eigenvalue weighted by atomic mass is 14.7. The van der Waals surface area contributed by atoms with Crippen LogP contribution in [-0.4, -0.2) is 4.98 Å². The third kappa shape index (κ3) is 3.48. The predicted octanol–water partition coefficient (Wildman–Crippen LogP) is 7.05. The van der Waals surface area contributed by atoms with Crippen LogP contribution in [0.5, 0.6) is 0 Å². The van der Waals surface area contributed by atoms with Crippen LogP contribution in [0.3, 0.4) is 0 Å². The maximum absolute atomic E-state index is 7.94. The first kappa shape index (κ1) is 14.8. The van der Waals surface area contributed by atoms with Gasteiger partial charge in [-0.2, -0.15) is 0 Å². The molecule has 1 nitrogen and oxygen atoms in total. The third-order valence-electron chi connectivity index (χ3n) is 5.36. The molecule has 1 heterocycles. The molecule has 138 valence electrons. The Labute approximate surface area is 171 Å². The second-order valence-corrected chi connectivity index (χ2v) is 7.55. The first-order valence-corrected chi connectivity index (χ1v) is 9.49. The van der Waals surface area contributed by atoms with E-state index in [4.69, 9.17) is 4.11 Å². The molecule has 4 rings (SSSR count). The summed E-state index contributed by atoms with van der Waals surface area (Å²) in [6.45, 7) is 2.19. The Hall–Kier alpha value is -3.19. The summed E-state index contributed by atoms with van der Waals surface area (Å²) >= 11 is 0. The standard InChI is InChI=1S/C27H25N/c1-20-19-28-26(18-25(20)21-11-6-4-7-12-21)22-13-10-16-24(17-22)27(2,3)23-14-8-5-9-15-23/h4-19H,1-3H3/i1D3. The molecule has 0 aliphatic heterocycles. The summed E-state index contributed by atoms with van der Waals surface area (Å²) in [5.74, 6) is 0. The van der Waals surface area contributed by atoms with E-state index in [1.807, 2.05) is 54.6 Å². The lowest BCUT2D eigenvalue weighted by Gasteiger charge is -2.26. The fourth-order valence-corrected chi connectivity index (χ4v) is 3.56. The van der Waals surface area contributed by atoms with Crippen molar-refractivity contribution in [2.75, 3.05) is 0 Å². The maximum atomic E-state index is 7.94. The van der Waals surface area contributed by atoms with Gasteiger partial charge in [-0.1, -0.05) is 92.7 Å². The van der Waals surface area contributed by atoms with Gasteiger partial charge in [-0.15, -0.1) is 0 Å². The van der Waals surface area contributed by atoms with Crippen LogP contribution in [0, 0.1) is 6.85 Å². The first-order chi connectivity index (χ1) is 14.8. The number of rotatable bonds is 4. The second kappa shape index (κ2) is 7.44. The molecular formula is C27H25N. The minimum absolute atomic E-state index is 0.168. The van der Waals surface area contributed by atoms with Gasteiger partial charge in [0.25, 0.3) is 0 Å². The van der Waals surface area contributed by atoms with Crippen LogP contribution in [0.4, 0.5) is 0 Å². The van der Waals surface area contributed by atoms with E-state index in [-0.39, 0.29) is 11.0 Å². The van der Waals surface area contributed by atoms with Gasteiger partial charge in [-0.05, 0) is 46.8 Å². The van der Waals surface area contributed by atoms with Gasteiger partial charge in [0.2, 0.25) is 0 Å². The Morgan fingerprint density at radius 1 is 0.714 bits per heavy atom. The van der Waals surface area contributed by atoms with Crippen molar-refractivity contribution < 1.29 is 4.11 Å². The van der Waals surface area contributed by atoms with Crippen molar-refractivity contribution in [3.63, 3.8) is 0 Å². The molecule has 0 radical (unpaired) electrons. The lowest BCUT2D eigenvalue weighted by molar-refractivity contribution is 0.641. The van der Waals surface area contributed by atoms with Gasteiger partial charge in [0, 0.05) is 21.3 Å². The zero-order chi connectivity index (χ0) is 22.1. The van der Waals surface area contributed by atoms with Crippen LogP contribution in [0.2, 0.25) is 0 Å². The van der Waals surface area contributed by atoms with Crippen molar-refractivity contribution in [2.45, 2.75) is 26.1 Å². The highest BCUT2D eigenvalue weighted by Gasteiger charge is 2.23. The van der Waals surface area contributed by atoms with Crippen LogP contribution in [0.1, 0.15) is 34.7 Å². The van der Waals surface area contributed by atoms with Crippen molar-refractivity contribution in [1.29, 1.82) is 0 Å². The van der Waals surface area contributed by atoms with E-state index < -0.39 is 6.85 Å². The lowest BCUT2D eigenvalue weighted by Crippen LogP contribution is -2.18. The number of aryl methyl sites for hydroxylation is 1. The SMILES string of the molecule is [2H]C([2H])([2H])c1cnc(-c2cccc(C(C)(C)c3ccccc3)c2)cc1-c1ccccc1. The Morgan fingerprint density at radius 2 is 1.36 bits per heavy atom. The molecule has 1 aromatic heterocycles. The number of hydrogen-bond donors (Lipinski definition) is 0. The predicted molar refractivity (Wildman–Crippen MR) is 118 cm³/mol. The fourth-order valence-electron chi connectivity index (χ4n) is 3.56. The Bertz CT molecular complexity index is 1180. The molecule has 0 amide bonds. The van der Waals surface area contributed by atoms with Crippen molar-refractivity contribution in [1.82, 2.24) is 4.98 Å². The minimum Gasteiger partial charge on any atom is -0.256 e. The molecule has 4 aromatic rings. The molecule has 0 unspecified atom stereocenters. The molecule has 3 aromatic carbocycles. The molecule has 1 heteroatoms. The van der Waals surface area contributed by atoms with Crippen molar-refractivity contribution in [3.05, 3.63) is 114 Å². The van der Waals surface area contributed by atoms with Gasteiger partial charge in [0.15, 0.2) is 0 Å². The van der Waals surface area contributed by atoms with Gasteiger partial charge in [0.1, 0.15) is 0 Å². The van der Waals surface area contributed by atoms with Crippen molar-refractivity contribution in [2.24, 2.45) is 0 Å². The summed E-state index contributed by atoms with van der Waals surface area (Å²) in [6, 6.07) is 30.3. The van der Waals surface area contributed by atoms with Crippen LogP contribution < -0.4 is 0 Å². The van der Waals surface area contributed by atoms with Gasteiger partial charge in [-0.25, -0.2) is 0 Å². The molecule has 0 saturated heterocycles. The van der Waals surface area contributed by atoms with Crippen LogP contribution in [0.25, 0.3) is 22.4 Å². The van der Waals surface area contributed by atoms with E-state index in [0.29, 0.717) is 5.56 Å². The topological polar surface area (TPSA) is 12.9 Å². The number of benzene rings is 3. The average molecular weight is 367 g/mol. The largest absolute Gasteiger partial charge is 0.256 e. The van der Waals surface area contributed by atoms with Crippen molar-refractivity contribution >= 4 is 0 Å². The molecular weight excluding hydrogens is 338 g/mol. The zero-order valence-electron chi connectivity index (χ0n) is 19.2. The van der Waals surface area contributed by atoms with E-state index in [0.717, 1.165) is 16.8 Å². The Morgan fingerprint density at radius 3 is 2.07 bits per heavy atom. The summed E-state index contributed by atoms with van der Waals surface area (Å²) < 4.78 is 23.8. The molecule has 0 fully saturated rings. The van der Waals surface area contributed by atoms with Crippen LogP contribution in [0.15, 0.2) is 97.2 Å². The number of hydrogen-bond acceptors (Lipinski definition) is 1. The maximum Gasteiger partial charge on any atom is 0.0708 e. The van der Waals surface area contributed by atoms with E-state index in [2.05, 4.69) is 55.2 Å². The smallest absolute Gasteiger partial charge is 0.0708 e. The van der Waals surface area contributed by atoms with Gasteiger partial charge in [-0.3, -0.25) is 4.98 Å². The quantitative estimate of drug-likeness (QED) is 0.377. The van der Waals surface area contributed by atoms with E-state index >= 15 is 0 Å². The van der Waals surface area contributed by atoms with Gasteiger partial charge >= 0.3 is 0 Å². The molecule has 0 spiro atoms. The van der Waals surface area contributed by atoms with Crippen molar-refractivity contribution in [3.8, 4) is 22.4 Å². The summed E-state index contributed by atoms with van der Waals surface area (Å²) in [5.41, 5.74) is 5.81. The molecule has 0 atom stereocenters. The van der Waals surface area contributed by atoms with E-state index in [1.165, 1.54) is 17.3 Å². The molecule has 0 saturated carbocycles. The van der Waals surface area contributed by atoms with Gasteiger partial charge in [0.05, 0.1) is 5.69 Å². The summed E-state index contributed by atoms with van der Waals surface area (Å²) in [4.78, 5) is 4.54. The molecule has 0 aliphatic rings. The van der Waals surface area contributed by atoms with Crippen LogP contribution in [-0.2, 0) is 5.41 Å². The average Bonchev–Trinajstić information content (AvgIpc) is 2.79. The zero-order valence-corrected chi connectivity index (χ0v) is 16.2. The highest BCUT2D eigenvalue weighted by molar-refractivity contribution is 5.73. The second-order valence-electron chi connectivity index (χ2n) is 7.55. The molecule has 28 heavy (non-hydrogen) atoms. The Kier molecular flexibility index (Phi) is 3.94. The van der Waals surface area contributed by atoms with E-state index in [9.17, 15) is 0 Å². The monoisotopic (exact) mass is 366 g/mol. The molecule has 0 aliphatic carbocycles. The third-order valence-corrected chi connectivity index (χ3v) is 5.36. The highest BCUT2D eigenvalue weighted by Crippen LogP contribution is 2.34. The first-order valence-electron chi connectivity index (χ1n) is 11.0. The number of aromatic nitrogens is 1. The number of nitrogens with zero attached hydrogens (tertiary/aromatic N) is 1. The Balaban J connectivity index is 1.82. The summed E-state index contributed by atoms with van der Waals surface area (Å²) in [6.07, 6.45) is 1.50. The fraction of sp³-hybridized carbons (Fsp3) is 0.148. The molecule has 0 N–H and O–H groups in total. The molecule has 0 bridgehead atoms. The lowest BCUT2D eigenvalue weighted by atomic mass is 9.77. The minimum atomic E-state index is -2.23. The van der Waals surface area contributed by atoms with E-state index in [1.54, 1.807) is 0 Å². The summed E-state index contributed by atoms with van der Waals surface area (Å²) in [5, 5.41) is 0.